The van der Waals surface area contributed by atoms with Gasteiger partial charge in [-0.25, -0.2) is 4.98 Å². The highest BCUT2D eigenvalue weighted by Crippen LogP contribution is 2.33. The topological polar surface area (TPSA) is 95.2 Å². The van der Waals surface area contributed by atoms with Crippen molar-refractivity contribution in [1.29, 1.82) is 0 Å². The second kappa shape index (κ2) is 11.5. The van der Waals surface area contributed by atoms with Gasteiger partial charge in [-0.3, -0.25) is 9.59 Å². The van der Waals surface area contributed by atoms with Crippen molar-refractivity contribution in [1.82, 2.24) is 14.6 Å². The molecule has 3 aromatic rings. The number of morpholine rings is 1. The molecule has 0 unspecified atom stereocenters. The predicted octanol–water partition coefficient (Wildman–Crippen LogP) is 3.32. The molecule has 1 aliphatic rings. The molecular formula is C26H27BrN4O5. The van der Waals surface area contributed by atoms with E-state index in [0.29, 0.717) is 66.5 Å². The third-order valence-corrected chi connectivity index (χ3v) is 6.23. The molecule has 1 aromatic heterocycles. The normalized spacial score (nSPS) is 13.8. The lowest BCUT2D eigenvalue weighted by Gasteiger charge is -2.27. The lowest BCUT2D eigenvalue weighted by Crippen LogP contribution is -2.43. The minimum absolute atomic E-state index is 0.110. The summed E-state index contributed by atoms with van der Waals surface area (Å²) in [5, 5.41) is 4.87. The lowest BCUT2D eigenvalue weighted by molar-refractivity contribution is -0.137. The van der Waals surface area contributed by atoms with Crippen LogP contribution in [0.3, 0.4) is 0 Å². The molecule has 1 saturated heterocycles. The number of nitrogens with zero attached hydrogens (tertiary/aromatic N) is 4. The zero-order chi connectivity index (χ0) is 25.7. The summed E-state index contributed by atoms with van der Waals surface area (Å²) >= 11 is 3.40. The Morgan fingerprint density at radius 1 is 1.28 bits per heavy atom. The molecule has 0 spiro atoms. The minimum Gasteiger partial charge on any atom is -0.493 e. The average Bonchev–Trinajstić information content (AvgIpc) is 2.88. The fourth-order valence-corrected chi connectivity index (χ4v) is 4.30. The van der Waals surface area contributed by atoms with Crippen LogP contribution in [0.1, 0.15) is 17.0 Å². The number of ether oxygens (including phenoxy) is 3. The highest BCUT2D eigenvalue weighted by molar-refractivity contribution is 9.10. The van der Waals surface area contributed by atoms with Crippen LogP contribution in [0.2, 0.25) is 0 Å². The maximum Gasteiger partial charge on any atom is 0.282 e. The largest absolute Gasteiger partial charge is 0.493 e. The molecular weight excluding hydrogens is 528 g/mol. The van der Waals surface area contributed by atoms with Gasteiger partial charge < -0.3 is 19.1 Å². The summed E-state index contributed by atoms with van der Waals surface area (Å²) in [7, 11) is 1.53. The van der Waals surface area contributed by atoms with Crippen LogP contribution >= 0.6 is 15.9 Å². The standard InChI is InChI=1S/C26H27BrN4O5/c1-4-5-19-12-18(13-23(34-3)25(19)36-16-24(32)30-8-10-35-11-9-30)15-28-31-17(2)29-22-7-6-20(27)14-21(22)26(31)33/h4,6-7,12-15H,1,5,8-11,16H2,2-3H3. The van der Waals surface area contributed by atoms with Crippen molar-refractivity contribution < 1.29 is 19.0 Å². The van der Waals surface area contributed by atoms with Gasteiger partial charge >= 0.3 is 0 Å². The summed E-state index contributed by atoms with van der Waals surface area (Å²) < 4.78 is 18.8. The SMILES string of the molecule is C=CCc1cc(C=Nn2c(C)nc3ccc(Br)cc3c2=O)cc(OC)c1OCC(=O)N1CCOCC1. The monoisotopic (exact) mass is 554 g/mol. The van der Waals surface area contributed by atoms with Crippen LogP contribution < -0.4 is 15.0 Å². The Hall–Kier alpha value is -3.50. The van der Waals surface area contributed by atoms with Gasteiger partial charge in [-0.05, 0) is 49.2 Å². The Labute approximate surface area is 217 Å². The van der Waals surface area contributed by atoms with Crippen molar-refractivity contribution in [3.63, 3.8) is 0 Å². The Morgan fingerprint density at radius 2 is 2.06 bits per heavy atom. The third kappa shape index (κ3) is 5.66. The van der Waals surface area contributed by atoms with E-state index in [-0.39, 0.29) is 18.1 Å². The number of carbonyl (C=O) groups excluding carboxylic acids is 1. The summed E-state index contributed by atoms with van der Waals surface area (Å²) in [6.45, 7) is 7.59. The summed E-state index contributed by atoms with van der Waals surface area (Å²) in [5.41, 5.74) is 1.81. The van der Waals surface area contributed by atoms with Gasteiger partial charge in [0.2, 0.25) is 0 Å². The molecule has 188 valence electrons. The molecule has 4 rings (SSSR count). The molecule has 2 heterocycles. The van der Waals surface area contributed by atoms with E-state index < -0.39 is 0 Å². The molecule has 0 radical (unpaired) electrons. The van der Waals surface area contributed by atoms with Crippen LogP contribution in [0.5, 0.6) is 11.5 Å². The summed E-state index contributed by atoms with van der Waals surface area (Å²) in [5.74, 6) is 1.28. The number of fused-ring (bicyclic) bond motifs is 1. The van der Waals surface area contributed by atoms with Crippen molar-refractivity contribution in [2.75, 3.05) is 40.0 Å². The second-order valence-electron chi connectivity index (χ2n) is 8.17. The van der Waals surface area contributed by atoms with E-state index in [1.54, 1.807) is 42.3 Å². The van der Waals surface area contributed by atoms with E-state index in [4.69, 9.17) is 14.2 Å². The summed E-state index contributed by atoms with van der Waals surface area (Å²) in [6.07, 6.45) is 3.80. The number of hydrogen-bond donors (Lipinski definition) is 0. The summed E-state index contributed by atoms with van der Waals surface area (Å²) in [6, 6.07) is 8.97. The van der Waals surface area contributed by atoms with E-state index >= 15 is 0 Å². The highest BCUT2D eigenvalue weighted by Gasteiger charge is 2.19. The van der Waals surface area contributed by atoms with E-state index in [2.05, 4.69) is 32.6 Å². The molecule has 0 atom stereocenters. The van der Waals surface area contributed by atoms with Crippen molar-refractivity contribution in [3.8, 4) is 11.5 Å². The van der Waals surface area contributed by atoms with Crippen LogP contribution in [-0.4, -0.2) is 66.7 Å². The molecule has 2 aromatic carbocycles. The van der Waals surface area contributed by atoms with Crippen molar-refractivity contribution in [2.45, 2.75) is 13.3 Å². The number of benzene rings is 2. The third-order valence-electron chi connectivity index (χ3n) is 5.73. The number of methoxy groups -OCH3 is 1. The van der Waals surface area contributed by atoms with Crippen LogP contribution in [0.4, 0.5) is 0 Å². The number of halogens is 1. The fraction of sp³-hybridized carbons (Fsp3) is 0.308. The molecule has 9 nitrogen and oxygen atoms in total. The van der Waals surface area contributed by atoms with Gasteiger partial charge in [-0.1, -0.05) is 22.0 Å². The molecule has 0 bridgehead atoms. The van der Waals surface area contributed by atoms with E-state index in [0.717, 1.165) is 10.0 Å². The van der Waals surface area contributed by atoms with Crippen molar-refractivity contribution in [2.24, 2.45) is 5.10 Å². The molecule has 0 N–H and O–H groups in total. The Morgan fingerprint density at radius 3 is 2.78 bits per heavy atom. The first kappa shape index (κ1) is 25.6. The smallest absolute Gasteiger partial charge is 0.282 e. The maximum absolute atomic E-state index is 13.0. The van der Waals surface area contributed by atoms with Gasteiger partial charge in [0.05, 0.1) is 37.4 Å². The number of amides is 1. The highest BCUT2D eigenvalue weighted by atomic mass is 79.9. The van der Waals surface area contributed by atoms with Crippen LogP contribution in [0.25, 0.3) is 10.9 Å². The van der Waals surface area contributed by atoms with Crippen LogP contribution in [0.15, 0.2) is 57.4 Å². The fourth-order valence-electron chi connectivity index (χ4n) is 3.94. The van der Waals surface area contributed by atoms with Crippen LogP contribution in [-0.2, 0) is 16.0 Å². The van der Waals surface area contributed by atoms with E-state index in [1.165, 1.54) is 11.8 Å². The predicted molar refractivity (Wildman–Crippen MR) is 141 cm³/mol. The zero-order valence-electron chi connectivity index (χ0n) is 20.2. The van der Waals surface area contributed by atoms with Gasteiger partial charge in [-0.15, -0.1) is 6.58 Å². The Balaban J connectivity index is 1.63. The van der Waals surface area contributed by atoms with Crippen molar-refractivity contribution >= 4 is 39.0 Å². The molecule has 0 saturated carbocycles. The molecule has 0 aliphatic carbocycles. The van der Waals surface area contributed by atoms with Gasteiger partial charge in [0.25, 0.3) is 11.5 Å². The number of hydrogen-bond acceptors (Lipinski definition) is 7. The maximum atomic E-state index is 13.0. The van der Waals surface area contributed by atoms with Gasteiger partial charge in [0.15, 0.2) is 18.1 Å². The average molecular weight is 555 g/mol. The van der Waals surface area contributed by atoms with Gasteiger partial charge in [-0.2, -0.15) is 9.78 Å². The second-order valence-corrected chi connectivity index (χ2v) is 9.08. The molecule has 1 fully saturated rings. The first-order chi connectivity index (χ1) is 17.4. The Bertz CT molecular complexity index is 1380. The molecule has 1 amide bonds. The van der Waals surface area contributed by atoms with Gasteiger partial charge in [0, 0.05) is 23.1 Å². The molecule has 1 aliphatic heterocycles. The number of allylic oxidation sites excluding steroid dienone is 1. The number of aromatic nitrogens is 2. The van der Waals surface area contributed by atoms with Gasteiger partial charge in [0.1, 0.15) is 5.82 Å². The summed E-state index contributed by atoms with van der Waals surface area (Å²) in [4.78, 5) is 31.8. The van der Waals surface area contributed by atoms with E-state index in [9.17, 15) is 9.59 Å². The quantitative estimate of drug-likeness (QED) is 0.313. The Kier molecular flexibility index (Phi) is 8.17. The number of aryl methyl sites for hydroxylation is 1. The van der Waals surface area contributed by atoms with Crippen molar-refractivity contribution in [3.05, 3.63) is 74.8 Å². The number of rotatable bonds is 8. The van der Waals surface area contributed by atoms with E-state index in [1.807, 2.05) is 12.1 Å². The van der Waals surface area contributed by atoms with Crippen LogP contribution in [0, 0.1) is 6.92 Å². The molecule has 10 heteroatoms. The lowest BCUT2D eigenvalue weighted by atomic mass is 10.1. The number of carbonyl (C=O) groups is 1. The molecule has 36 heavy (non-hydrogen) atoms. The minimum atomic E-state index is -0.269. The first-order valence-corrected chi connectivity index (χ1v) is 12.2. The first-order valence-electron chi connectivity index (χ1n) is 11.4. The zero-order valence-corrected chi connectivity index (χ0v) is 21.8.